The Balaban J connectivity index is 1.93. The van der Waals surface area contributed by atoms with Crippen molar-refractivity contribution < 1.29 is 14.6 Å². The summed E-state index contributed by atoms with van der Waals surface area (Å²) < 4.78 is 12.7. The summed E-state index contributed by atoms with van der Waals surface area (Å²) in [5.41, 5.74) is 0.631. The highest BCUT2D eigenvalue weighted by atomic mass is 79.9. The SMILES string of the molecule is CC1CC2(CCO1)C[C@H](O)c1cc(Br)ccc1O2. The van der Waals surface area contributed by atoms with Crippen molar-refractivity contribution in [3.05, 3.63) is 28.2 Å². The zero-order valence-electron chi connectivity index (χ0n) is 10.4. The minimum Gasteiger partial charge on any atom is -0.487 e. The Kier molecular flexibility index (Phi) is 3.12. The van der Waals surface area contributed by atoms with Crippen LogP contribution < -0.4 is 4.74 Å². The smallest absolute Gasteiger partial charge is 0.126 e. The van der Waals surface area contributed by atoms with Crippen LogP contribution in [0, 0.1) is 0 Å². The summed E-state index contributed by atoms with van der Waals surface area (Å²) in [4.78, 5) is 0. The van der Waals surface area contributed by atoms with E-state index in [1.807, 2.05) is 18.2 Å². The molecule has 18 heavy (non-hydrogen) atoms. The van der Waals surface area contributed by atoms with Gasteiger partial charge in [-0.25, -0.2) is 0 Å². The number of benzene rings is 1. The molecule has 2 aliphatic heterocycles. The van der Waals surface area contributed by atoms with Gasteiger partial charge >= 0.3 is 0 Å². The van der Waals surface area contributed by atoms with Crippen LogP contribution in [0.5, 0.6) is 5.75 Å². The van der Waals surface area contributed by atoms with E-state index in [0.717, 1.165) is 28.6 Å². The zero-order valence-corrected chi connectivity index (χ0v) is 11.9. The van der Waals surface area contributed by atoms with E-state index in [1.54, 1.807) is 0 Å². The number of hydrogen-bond acceptors (Lipinski definition) is 3. The maximum absolute atomic E-state index is 10.3. The molecule has 3 nitrogen and oxygen atoms in total. The quantitative estimate of drug-likeness (QED) is 0.799. The Morgan fingerprint density at radius 2 is 2.22 bits per heavy atom. The first-order valence-corrected chi connectivity index (χ1v) is 7.15. The van der Waals surface area contributed by atoms with Crippen molar-refractivity contribution in [3.63, 3.8) is 0 Å². The van der Waals surface area contributed by atoms with Crippen molar-refractivity contribution in [2.75, 3.05) is 6.61 Å². The summed E-state index contributed by atoms with van der Waals surface area (Å²) in [5, 5.41) is 10.3. The molecular formula is C14H17BrO3. The number of halogens is 1. The van der Waals surface area contributed by atoms with Crippen molar-refractivity contribution >= 4 is 15.9 Å². The molecule has 1 saturated heterocycles. The predicted molar refractivity (Wildman–Crippen MR) is 71.7 cm³/mol. The lowest BCUT2D eigenvalue weighted by Crippen LogP contribution is -2.47. The van der Waals surface area contributed by atoms with Gasteiger partial charge in [-0.05, 0) is 25.1 Å². The molecular weight excluding hydrogens is 296 g/mol. The molecule has 3 rings (SSSR count). The van der Waals surface area contributed by atoms with Crippen molar-refractivity contribution in [2.45, 2.75) is 44.0 Å². The fourth-order valence-electron chi connectivity index (χ4n) is 3.02. The second kappa shape index (κ2) is 4.51. The largest absolute Gasteiger partial charge is 0.487 e. The second-order valence-corrected chi connectivity index (χ2v) is 6.24. The molecule has 1 aromatic carbocycles. The number of fused-ring (bicyclic) bond motifs is 1. The van der Waals surface area contributed by atoms with Gasteiger partial charge in [-0.15, -0.1) is 0 Å². The number of rotatable bonds is 0. The monoisotopic (exact) mass is 312 g/mol. The van der Waals surface area contributed by atoms with E-state index in [2.05, 4.69) is 22.9 Å². The lowest BCUT2D eigenvalue weighted by molar-refractivity contribution is -0.111. The third kappa shape index (κ3) is 2.17. The average molecular weight is 313 g/mol. The van der Waals surface area contributed by atoms with E-state index in [-0.39, 0.29) is 11.7 Å². The highest BCUT2D eigenvalue weighted by Crippen LogP contribution is 2.45. The van der Waals surface area contributed by atoms with Gasteiger partial charge in [0, 0.05) is 29.3 Å². The van der Waals surface area contributed by atoms with Gasteiger partial charge in [-0.1, -0.05) is 15.9 Å². The molecule has 4 heteroatoms. The lowest BCUT2D eigenvalue weighted by atomic mass is 9.81. The van der Waals surface area contributed by atoms with Crippen molar-refractivity contribution in [2.24, 2.45) is 0 Å². The van der Waals surface area contributed by atoms with Crippen LogP contribution in [0.2, 0.25) is 0 Å². The molecule has 1 aromatic rings. The van der Waals surface area contributed by atoms with Crippen LogP contribution in [0.15, 0.2) is 22.7 Å². The maximum Gasteiger partial charge on any atom is 0.126 e. The molecule has 98 valence electrons. The summed E-state index contributed by atoms with van der Waals surface area (Å²) >= 11 is 3.43. The summed E-state index contributed by atoms with van der Waals surface area (Å²) in [6.07, 6.45) is 2.10. The van der Waals surface area contributed by atoms with E-state index in [0.29, 0.717) is 13.0 Å². The van der Waals surface area contributed by atoms with Gasteiger partial charge in [0.05, 0.1) is 18.8 Å². The van der Waals surface area contributed by atoms with Crippen molar-refractivity contribution in [3.8, 4) is 5.75 Å². The van der Waals surface area contributed by atoms with Gasteiger partial charge in [0.2, 0.25) is 0 Å². The minimum atomic E-state index is -0.448. The third-order valence-corrected chi connectivity index (χ3v) is 4.34. The molecule has 3 atom stereocenters. The topological polar surface area (TPSA) is 38.7 Å². The van der Waals surface area contributed by atoms with Gasteiger partial charge in [-0.3, -0.25) is 0 Å². The number of aliphatic hydroxyl groups is 1. The molecule has 0 aromatic heterocycles. The molecule has 2 unspecified atom stereocenters. The average Bonchev–Trinajstić information content (AvgIpc) is 2.30. The molecule has 1 spiro atoms. The van der Waals surface area contributed by atoms with Crippen LogP contribution in [0.4, 0.5) is 0 Å². The first-order valence-electron chi connectivity index (χ1n) is 6.36. The predicted octanol–water partition coefficient (Wildman–Crippen LogP) is 3.20. The van der Waals surface area contributed by atoms with Crippen LogP contribution in [-0.4, -0.2) is 23.4 Å². The van der Waals surface area contributed by atoms with Crippen LogP contribution in [-0.2, 0) is 4.74 Å². The summed E-state index contributed by atoms with van der Waals surface area (Å²) in [6, 6.07) is 5.83. The van der Waals surface area contributed by atoms with Gasteiger partial charge in [0.15, 0.2) is 0 Å². The van der Waals surface area contributed by atoms with E-state index in [9.17, 15) is 5.11 Å². The van der Waals surface area contributed by atoms with E-state index in [1.165, 1.54) is 0 Å². The Labute approximate surface area is 115 Å². The molecule has 1 fully saturated rings. The molecule has 0 aliphatic carbocycles. The van der Waals surface area contributed by atoms with E-state index >= 15 is 0 Å². The number of aliphatic hydroxyl groups excluding tert-OH is 1. The highest BCUT2D eigenvalue weighted by Gasteiger charge is 2.43. The van der Waals surface area contributed by atoms with E-state index < -0.39 is 6.10 Å². The van der Waals surface area contributed by atoms with Gasteiger partial charge in [-0.2, -0.15) is 0 Å². The van der Waals surface area contributed by atoms with Crippen LogP contribution in [0.3, 0.4) is 0 Å². The van der Waals surface area contributed by atoms with Gasteiger partial charge in [0.25, 0.3) is 0 Å². The fraction of sp³-hybridized carbons (Fsp3) is 0.571. The van der Waals surface area contributed by atoms with Gasteiger partial charge < -0.3 is 14.6 Å². The summed E-state index contributed by atoms with van der Waals surface area (Å²) in [6.45, 7) is 2.77. The molecule has 0 amide bonds. The molecule has 2 aliphatic rings. The Hall–Kier alpha value is -0.580. The Bertz CT molecular complexity index is 462. The highest BCUT2D eigenvalue weighted by molar-refractivity contribution is 9.10. The summed E-state index contributed by atoms with van der Waals surface area (Å²) in [7, 11) is 0. The first kappa shape index (κ1) is 12.5. The number of hydrogen-bond donors (Lipinski definition) is 1. The zero-order chi connectivity index (χ0) is 12.8. The second-order valence-electron chi connectivity index (χ2n) is 5.32. The minimum absolute atomic E-state index is 0.197. The molecule has 0 radical (unpaired) electrons. The molecule has 0 saturated carbocycles. The fourth-order valence-corrected chi connectivity index (χ4v) is 3.40. The normalized spacial score (nSPS) is 35.1. The standard InChI is InChI=1S/C14H17BrO3/c1-9-7-14(4-5-17-9)8-12(16)11-6-10(15)2-3-13(11)18-14/h2-3,6,9,12,16H,4-5,7-8H2,1H3/t9?,12-,14?/m0/s1. The van der Waals surface area contributed by atoms with Crippen molar-refractivity contribution in [1.29, 1.82) is 0 Å². The maximum atomic E-state index is 10.3. The van der Waals surface area contributed by atoms with Crippen molar-refractivity contribution in [1.82, 2.24) is 0 Å². The van der Waals surface area contributed by atoms with Crippen LogP contribution in [0.1, 0.15) is 37.9 Å². The van der Waals surface area contributed by atoms with Gasteiger partial charge in [0.1, 0.15) is 11.4 Å². The summed E-state index contributed by atoms with van der Waals surface area (Å²) in [5.74, 6) is 0.811. The Morgan fingerprint density at radius 1 is 1.39 bits per heavy atom. The molecule has 2 heterocycles. The first-order chi connectivity index (χ1) is 8.58. The third-order valence-electron chi connectivity index (χ3n) is 3.84. The van der Waals surface area contributed by atoms with Crippen LogP contribution >= 0.6 is 15.9 Å². The van der Waals surface area contributed by atoms with Crippen LogP contribution in [0.25, 0.3) is 0 Å². The number of ether oxygens (including phenoxy) is 2. The lowest BCUT2D eigenvalue weighted by Gasteiger charge is -2.44. The molecule has 0 bridgehead atoms. The Morgan fingerprint density at radius 3 is 3.00 bits per heavy atom. The molecule has 1 N–H and O–H groups in total. The van der Waals surface area contributed by atoms with E-state index in [4.69, 9.17) is 9.47 Å².